The molecule has 0 aliphatic heterocycles. The van der Waals surface area contributed by atoms with Gasteiger partial charge in [0, 0.05) is 0 Å². The summed E-state index contributed by atoms with van der Waals surface area (Å²) in [5, 5.41) is 12.9. The summed E-state index contributed by atoms with van der Waals surface area (Å²) < 4.78 is 1.06. The molecular formula is C16H17N3OS. The summed E-state index contributed by atoms with van der Waals surface area (Å²) >= 11 is 1.46. The number of thiazole rings is 1. The molecule has 108 valence electrons. The van der Waals surface area contributed by atoms with E-state index in [9.17, 15) is 10.1 Å². The Morgan fingerprint density at radius 2 is 2.14 bits per heavy atom. The van der Waals surface area contributed by atoms with Crippen LogP contribution in [0, 0.1) is 23.7 Å². The Bertz CT molecular complexity index is 723. The topological polar surface area (TPSA) is 65.8 Å². The van der Waals surface area contributed by atoms with E-state index < -0.39 is 5.41 Å². The first kappa shape index (κ1) is 14.0. The highest BCUT2D eigenvalue weighted by atomic mass is 32.1. The first-order valence-corrected chi connectivity index (χ1v) is 8.04. The van der Waals surface area contributed by atoms with E-state index in [0.29, 0.717) is 18.0 Å². The number of nitrogens with one attached hydrogen (secondary N) is 1. The van der Waals surface area contributed by atoms with Crippen molar-refractivity contribution in [3.8, 4) is 6.07 Å². The van der Waals surface area contributed by atoms with Crippen molar-refractivity contribution < 1.29 is 4.79 Å². The highest BCUT2D eigenvalue weighted by molar-refractivity contribution is 7.22. The largest absolute Gasteiger partial charge is 0.301 e. The summed E-state index contributed by atoms with van der Waals surface area (Å²) in [6.07, 6.45) is 4.30. The van der Waals surface area contributed by atoms with Crippen molar-refractivity contribution in [3.63, 3.8) is 0 Å². The smallest absolute Gasteiger partial charge is 0.246 e. The van der Waals surface area contributed by atoms with Crippen molar-refractivity contribution in [3.05, 3.63) is 23.8 Å². The van der Waals surface area contributed by atoms with E-state index in [1.165, 1.54) is 16.9 Å². The fourth-order valence-corrected chi connectivity index (χ4v) is 3.81. The Balaban J connectivity index is 1.84. The van der Waals surface area contributed by atoms with E-state index in [-0.39, 0.29) is 5.91 Å². The molecule has 0 unspecified atom stereocenters. The van der Waals surface area contributed by atoms with Crippen molar-refractivity contribution in [2.75, 3.05) is 5.32 Å². The van der Waals surface area contributed by atoms with Gasteiger partial charge in [0.15, 0.2) is 5.13 Å². The van der Waals surface area contributed by atoms with E-state index in [1.807, 2.05) is 19.1 Å². The van der Waals surface area contributed by atoms with Gasteiger partial charge >= 0.3 is 0 Å². The zero-order valence-corrected chi connectivity index (χ0v) is 12.8. The van der Waals surface area contributed by atoms with Crippen LogP contribution in [0.3, 0.4) is 0 Å². The highest BCUT2D eigenvalue weighted by Gasteiger charge is 2.40. The average molecular weight is 299 g/mol. The maximum Gasteiger partial charge on any atom is 0.246 e. The van der Waals surface area contributed by atoms with Crippen LogP contribution in [0.25, 0.3) is 10.2 Å². The third-order valence-corrected chi connectivity index (χ3v) is 5.05. The monoisotopic (exact) mass is 299 g/mol. The Morgan fingerprint density at radius 3 is 2.86 bits per heavy atom. The van der Waals surface area contributed by atoms with Crippen molar-refractivity contribution in [1.29, 1.82) is 5.26 Å². The first-order valence-electron chi connectivity index (χ1n) is 7.23. The van der Waals surface area contributed by atoms with E-state index in [4.69, 9.17) is 0 Å². The van der Waals surface area contributed by atoms with Gasteiger partial charge in [0.05, 0.1) is 16.3 Å². The number of hydrogen-bond acceptors (Lipinski definition) is 4. The lowest BCUT2D eigenvalue weighted by atomic mass is 9.74. The molecule has 2 aromatic rings. The number of anilines is 1. The predicted molar refractivity (Wildman–Crippen MR) is 84.1 cm³/mol. The Kier molecular flexibility index (Phi) is 3.64. The predicted octanol–water partition coefficient (Wildman–Crippen LogP) is 4.02. The van der Waals surface area contributed by atoms with Gasteiger partial charge in [0.25, 0.3) is 0 Å². The number of hydrogen-bond donors (Lipinski definition) is 1. The van der Waals surface area contributed by atoms with Gasteiger partial charge in [-0.05, 0) is 37.5 Å². The van der Waals surface area contributed by atoms with Crippen molar-refractivity contribution in [2.24, 2.45) is 5.41 Å². The molecule has 0 radical (unpaired) electrons. The molecule has 1 fully saturated rings. The summed E-state index contributed by atoms with van der Waals surface area (Å²) in [6.45, 7) is 2.03. The molecule has 0 atom stereocenters. The zero-order valence-electron chi connectivity index (χ0n) is 12.0. The number of fused-ring (bicyclic) bond motifs is 1. The minimum absolute atomic E-state index is 0.194. The van der Waals surface area contributed by atoms with Gasteiger partial charge in [-0.1, -0.05) is 36.7 Å². The lowest BCUT2D eigenvalue weighted by Gasteiger charge is -2.28. The highest BCUT2D eigenvalue weighted by Crippen LogP contribution is 2.37. The van der Waals surface area contributed by atoms with Gasteiger partial charge in [-0.3, -0.25) is 4.79 Å². The quantitative estimate of drug-likeness (QED) is 0.911. The van der Waals surface area contributed by atoms with Crippen LogP contribution in [-0.4, -0.2) is 10.9 Å². The summed E-state index contributed by atoms with van der Waals surface area (Å²) in [7, 11) is 0. The summed E-state index contributed by atoms with van der Waals surface area (Å²) in [5.74, 6) is -0.194. The molecular weight excluding hydrogens is 282 g/mol. The number of carbonyl (C=O) groups is 1. The molecule has 3 rings (SSSR count). The second-order valence-corrected chi connectivity index (χ2v) is 6.73. The number of nitriles is 1. The fourth-order valence-electron chi connectivity index (χ4n) is 2.85. The van der Waals surface area contributed by atoms with Gasteiger partial charge in [0.1, 0.15) is 5.41 Å². The van der Waals surface area contributed by atoms with E-state index in [2.05, 4.69) is 22.4 Å². The number of rotatable bonds is 2. The lowest BCUT2D eigenvalue weighted by molar-refractivity contribution is -0.124. The maximum absolute atomic E-state index is 12.5. The average Bonchev–Trinajstić information content (AvgIpc) is 2.89. The number of nitrogens with zero attached hydrogens (tertiary/aromatic N) is 2. The third-order valence-electron chi connectivity index (χ3n) is 4.12. The number of carbonyl (C=O) groups excluding carboxylic acids is 1. The molecule has 1 aliphatic carbocycles. The maximum atomic E-state index is 12.5. The standard InChI is InChI=1S/C16H17N3OS/c1-11-5-6-12-13(9-11)21-15(18-12)19-14(20)16(10-17)7-3-2-4-8-16/h5-6,9H,2-4,7-8H2,1H3,(H,18,19,20). The van der Waals surface area contributed by atoms with Crippen LogP contribution in [0.15, 0.2) is 18.2 Å². The van der Waals surface area contributed by atoms with Crippen LogP contribution in [0.1, 0.15) is 37.7 Å². The SMILES string of the molecule is Cc1ccc2nc(NC(=O)C3(C#N)CCCCC3)sc2c1. The van der Waals surface area contributed by atoms with Crippen LogP contribution in [0.2, 0.25) is 0 Å². The molecule has 4 nitrogen and oxygen atoms in total. The first-order chi connectivity index (χ1) is 10.1. The zero-order chi connectivity index (χ0) is 14.9. The van der Waals surface area contributed by atoms with E-state index in [0.717, 1.165) is 29.5 Å². The van der Waals surface area contributed by atoms with Crippen LogP contribution in [0.5, 0.6) is 0 Å². The number of benzene rings is 1. The summed E-state index contributed by atoms with van der Waals surface area (Å²) in [6, 6.07) is 8.27. The van der Waals surface area contributed by atoms with Crippen molar-refractivity contribution in [1.82, 2.24) is 4.98 Å². The molecule has 0 bridgehead atoms. The van der Waals surface area contributed by atoms with Crippen molar-refractivity contribution >= 4 is 32.6 Å². The molecule has 1 amide bonds. The molecule has 21 heavy (non-hydrogen) atoms. The van der Waals surface area contributed by atoms with Gasteiger partial charge in [-0.2, -0.15) is 5.26 Å². The van der Waals surface area contributed by atoms with E-state index in [1.54, 1.807) is 0 Å². The minimum Gasteiger partial charge on any atom is -0.301 e. The molecule has 0 spiro atoms. The van der Waals surface area contributed by atoms with Crippen LogP contribution in [-0.2, 0) is 4.79 Å². The molecule has 1 aliphatic rings. The van der Waals surface area contributed by atoms with Gasteiger partial charge < -0.3 is 5.32 Å². The minimum atomic E-state index is -0.869. The molecule has 0 saturated heterocycles. The number of aryl methyl sites for hydroxylation is 1. The Labute approximate surface area is 127 Å². The molecule has 1 aromatic carbocycles. The molecule has 1 N–H and O–H groups in total. The molecule has 5 heteroatoms. The third kappa shape index (κ3) is 2.64. The summed E-state index contributed by atoms with van der Waals surface area (Å²) in [5.41, 5.74) is 1.19. The second-order valence-electron chi connectivity index (χ2n) is 5.70. The van der Waals surface area contributed by atoms with Crippen LogP contribution < -0.4 is 5.32 Å². The van der Waals surface area contributed by atoms with Crippen LogP contribution in [0.4, 0.5) is 5.13 Å². The number of amides is 1. The van der Waals surface area contributed by atoms with Gasteiger partial charge in [0.2, 0.25) is 5.91 Å². The van der Waals surface area contributed by atoms with Gasteiger partial charge in [-0.15, -0.1) is 0 Å². The number of aromatic nitrogens is 1. The Morgan fingerprint density at radius 1 is 1.38 bits per heavy atom. The molecule has 1 saturated carbocycles. The molecule has 1 heterocycles. The van der Waals surface area contributed by atoms with Crippen LogP contribution >= 0.6 is 11.3 Å². The lowest BCUT2D eigenvalue weighted by Crippen LogP contribution is -2.36. The van der Waals surface area contributed by atoms with Crippen molar-refractivity contribution in [2.45, 2.75) is 39.0 Å². The fraction of sp³-hybridized carbons (Fsp3) is 0.438. The normalized spacial score (nSPS) is 17.3. The van der Waals surface area contributed by atoms with Gasteiger partial charge in [-0.25, -0.2) is 4.98 Å². The van der Waals surface area contributed by atoms with E-state index >= 15 is 0 Å². The summed E-state index contributed by atoms with van der Waals surface area (Å²) in [4.78, 5) is 16.9. The molecule has 1 aromatic heterocycles. The Hall–Kier alpha value is -1.93. The second kappa shape index (κ2) is 5.45.